The molecular formula is C9H9NS. The summed E-state index contributed by atoms with van der Waals surface area (Å²) in [7, 11) is 0. The summed E-state index contributed by atoms with van der Waals surface area (Å²) in [5, 5.41) is 7.80. The van der Waals surface area contributed by atoms with Crippen molar-refractivity contribution < 1.29 is 0 Å². The Labute approximate surface area is 70.6 Å². The Bertz CT molecular complexity index is 254. The summed E-state index contributed by atoms with van der Waals surface area (Å²) in [6, 6.07) is 9.82. The number of nitrogens with one attached hydrogen (secondary N) is 1. The molecule has 0 unspecified atom stereocenters. The SMILES string of the molecule is C=CC(=N)Sc1ccccc1. The molecule has 0 aromatic heterocycles. The van der Waals surface area contributed by atoms with Gasteiger partial charge in [0.05, 0.1) is 5.04 Å². The van der Waals surface area contributed by atoms with Crippen molar-refractivity contribution in [1.82, 2.24) is 0 Å². The zero-order valence-electron chi connectivity index (χ0n) is 6.08. The first-order valence-electron chi connectivity index (χ1n) is 3.27. The molecular weight excluding hydrogens is 154 g/mol. The first kappa shape index (κ1) is 8.08. The third-order valence-corrected chi connectivity index (χ3v) is 2.05. The average Bonchev–Trinajstić information content (AvgIpc) is 2.06. The second kappa shape index (κ2) is 3.98. The summed E-state index contributed by atoms with van der Waals surface area (Å²) in [5.41, 5.74) is 0. The van der Waals surface area contributed by atoms with E-state index in [0.717, 1.165) is 4.90 Å². The van der Waals surface area contributed by atoms with E-state index in [4.69, 9.17) is 5.41 Å². The van der Waals surface area contributed by atoms with E-state index in [1.54, 1.807) is 0 Å². The lowest BCUT2D eigenvalue weighted by Gasteiger charge is -1.96. The summed E-state index contributed by atoms with van der Waals surface area (Å²) < 4.78 is 0. The van der Waals surface area contributed by atoms with Crippen LogP contribution < -0.4 is 0 Å². The van der Waals surface area contributed by atoms with Crippen molar-refractivity contribution in [3.05, 3.63) is 43.0 Å². The molecule has 56 valence electrons. The fraction of sp³-hybridized carbons (Fsp3) is 0. The Hall–Kier alpha value is -1.02. The molecule has 0 radical (unpaired) electrons. The maximum absolute atomic E-state index is 7.32. The highest BCUT2D eigenvalue weighted by atomic mass is 32.2. The predicted molar refractivity (Wildman–Crippen MR) is 50.2 cm³/mol. The van der Waals surface area contributed by atoms with Crippen molar-refractivity contribution >= 4 is 16.8 Å². The van der Waals surface area contributed by atoms with Gasteiger partial charge in [0, 0.05) is 4.90 Å². The molecule has 11 heavy (non-hydrogen) atoms. The normalized spacial score (nSPS) is 9.09. The molecule has 1 aromatic rings. The first-order chi connectivity index (χ1) is 5.33. The number of hydrogen-bond donors (Lipinski definition) is 1. The zero-order chi connectivity index (χ0) is 8.10. The summed E-state index contributed by atoms with van der Waals surface area (Å²) in [6.07, 6.45) is 1.54. The van der Waals surface area contributed by atoms with Crippen LogP contribution in [0.5, 0.6) is 0 Å². The second-order valence-corrected chi connectivity index (χ2v) is 3.10. The van der Waals surface area contributed by atoms with Gasteiger partial charge in [-0.1, -0.05) is 36.5 Å². The van der Waals surface area contributed by atoms with Crippen molar-refractivity contribution in [2.45, 2.75) is 4.90 Å². The molecule has 0 aliphatic carbocycles. The standard InChI is InChI=1S/C9H9NS/c1-2-9(10)11-8-6-4-3-5-7-8/h2-7,10H,1H2. The topological polar surface area (TPSA) is 23.9 Å². The van der Waals surface area contributed by atoms with E-state index in [1.165, 1.54) is 17.8 Å². The fourth-order valence-electron chi connectivity index (χ4n) is 0.657. The Balaban J connectivity index is 2.65. The van der Waals surface area contributed by atoms with Crippen LogP contribution in [-0.4, -0.2) is 5.04 Å². The molecule has 0 heterocycles. The van der Waals surface area contributed by atoms with E-state index < -0.39 is 0 Å². The highest BCUT2D eigenvalue weighted by Crippen LogP contribution is 2.17. The smallest absolute Gasteiger partial charge is 0.0911 e. The van der Waals surface area contributed by atoms with Crippen LogP contribution in [0.4, 0.5) is 0 Å². The van der Waals surface area contributed by atoms with Crippen LogP contribution in [0.25, 0.3) is 0 Å². The molecule has 1 aromatic carbocycles. The van der Waals surface area contributed by atoms with Crippen LogP contribution in [-0.2, 0) is 0 Å². The molecule has 0 saturated carbocycles. The minimum atomic E-state index is 0.483. The molecule has 0 spiro atoms. The summed E-state index contributed by atoms with van der Waals surface area (Å²) in [5.74, 6) is 0. The lowest BCUT2D eigenvalue weighted by atomic mass is 10.4. The molecule has 0 aliphatic rings. The highest BCUT2D eigenvalue weighted by molar-refractivity contribution is 8.14. The molecule has 0 aliphatic heterocycles. The Morgan fingerprint density at radius 2 is 2.00 bits per heavy atom. The monoisotopic (exact) mass is 163 g/mol. The van der Waals surface area contributed by atoms with Gasteiger partial charge in [0.2, 0.25) is 0 Å². The van der Waals surface area contributed by atoms with Gasteiger partial charge in [-0.2, -0.15) is 0 Å². The minimum absolute atomic E-state index is 0.483. The molecule has 0 fully saturated rings. The van der Waals surface area contributed by atoms with Crippen LogP contribution in [0.3, 0.4) is 0 Å². The molecule has 0 bridgehead atoms. The van der Waals surface area contributed by atoms with Crippen LogP contribution in [0.1, 0.15) is 0 Å². The van der Waals surface area contributed by atoms with Crippen molar-refractivity contribution in [2.75, 3.05) is 0 Å². The van der Waals surface area contributed by atoms with Gasteiger partial charge in [0.25, 0.3) is 0 Å². The number of benzene rings is 1. The van der Waals surface area contributed by atoms with Gasteiger partial charge in [-0.3, -0.25) is 5.41 Å². The van der Waals surface area contributed by atoms with Crippen LogP contribution in [0.2, 0.25) is 0 Å². The van der Waals surface area contributed by atoms with Crippen molar-refractivity contribution in [3.63, 3.8) is 0 Å². The summed E-state index contributed by atoms with van der Waals surface area (Å²) >= 11 is 1.41. The van der Waals surface area contributed by atoms with Crippen LogP contribution in [0, 0.1) is 5.41 Å². The van der Waals surface area contributed by atoms with Gasteiger partial charge >= 0.3 is 0 Å². The maximum Gasteiger partial charge on any atom is 0.0911 e. The molecule has 1 N–H and O–H groups in total. The van der Waals surface area contributed by atoms with E-state index in [-0.39, 0.29) is 0 Å². The lowest BCUT2D eigenvalue weighted by molar-refractivity contribution is 1.47. The van der Waals surface area contributed by atoms with Crippen molar-refractivity contribution in [2.24, 2.45) is 0 Å². The summed E-state index contributed by atoms with van der Waals surface area (Å²) in [6.45, 7) is 3.51. The third kappa shape index (κ3) is 2.60. The summed E-state index contributed by atoms with van der Waals surface area (Å²) in [4.78, 5) is 1.08. The van der Waals surface area contributed by atoms with E-state index in [0.29, 0.717) is 5.04 Å². The minimum Gasteiger partial charge on any atom is -0.294 e. The van der Waals surface area contributed by atoms with Gasteiger partial charge in [-0.15, -0.1) is 0 Å². The van der Waals surface area contributed by atoms with Crippen molar-refractivity contribution in [1.29, 1.82) is 5.41 Å². The molecule has 1 rings (SSSR count). The van der Waals surface area contributed by atoms with Gasteiger partial charge in [0.15, 0.2) is 0 Å². The largest absolute Gasteiger partial charge is 0.294 e. The first-order valence-corrected chi connectivity index (χ1v) is 4.08. The lowest BCUT2D eigenvalue weighted by Crippen LogP contribution is -1.80. The van der Waals surface area contributed by atoms with E-state index in [1.807, 2.05) is 30.3 Å². The van der Waals surface area contributed by atoms with Gasteiger partial charge in [-0.25, -0.2) is 0 Å². The number of hydrogen-bond acceptors (Lipinski definition) is 2. The quantitative estimate of drug-likeness (QED) is 0.404. The van der Waals surface area contributed by atoms with Gasteiger partial charge < -0.3 is 0 Å². The Morgan fingerprint density at radius 1 is 1.36 bits per heavy atom. The Kier molecular flexibility index (Phi) is 2.93. The predicted octanol–water partition coefficient (Wildman–Crippen LogP) is 2.94. The third-order valence-electron chi connectivity index (χ3n) is 1.16. The number of thioether (sulfide) groups is 1. The van der Waals surface area contributed by atoms with Gasteiger partial charge in [0.1, 0.15) is 0 Å². The van der Waals surface area contributed by atoms with Crippen LogP contribution in [0.15, 0.2) is 47.9 Å². The maximum atomic E-state index is 7.32. The average molecular weight is 163 g/mol. The molecule has 1 nitrogen and oxygen atoms in total. The molecule has 2 heteroatoms. The highest BCUT2D eigenvalue weighted by Gasteiger charge is 1.93. The Morgan fingerprint density at radius 3 is 2.55 bits per heavy atom. The molecule has 0 amide bonds. The van der Waals surface area contributed by atoms with Crippen molar-refractivity contribution in [3.8, 4) is 0 Å². The zero-order valence-corrected chi connectivity index (χ0v) is 6.90. The fourth-order valence-corrected chi connectivity index (χ4v) is 1.29. The van der Waals surface area contributed by atoms with E-state index in [9.17, 15) is 0 Å². The molecule has 0 atom stereocenters. The van der Waals surface area contributed by atoms with E-state index >= 15 is 0 Å². The van der Waals surface area contributed by atoms with Crippen LogP contribution >= 0.6 is 11.8 Å². The number of rotatable bonds is 2. The molecule has 0 saturated heterocycles. The van der Waals surface area contributed by atoms with E-state index in [2.05, 4.69) is 6.58 Å². The second-order valence-electron chi connectivity index (χ2n) is 1.98. The van der Waals surface area contributed by atoms with Gasteiger partial charge in [-0.05, 0) is 18.2 Å².